The number of hydrogen-bond acceptors (Lipinski definition) is 4. The lowest BCUT2D eigenvalue weighted by molar-refractivity contribution is -0.137. The molecule has 11 heteroatoms. The number of amides is 2. The summed E-state index contributed by atoms with van der Waals surface area (Å²) in [7, 11) is 0. The van der Waals surface area contributed by atoms with E-state index in [1.165, 1.54) is 24.4 Å². The normalized spacial score (nSPS) is 11.2. The van der Waals surface area contributed by atoms with Gasteiger partial charge in [0.1, 0.15) is 5.69 Å². The minimum Gasteiger partial charge on any atom is -0.343 e. The standard InChI is InChI=1S/C23H15ClF3N5O2/c24-18-7-5-15(31-21(33)13-1-3-14(4-2-13)23(25,26)27)11-17(18)22(34)32-16-6-8-19(30-12-16)20-28-9-10-29-20/h1-12H,(H,28,29)(H,31,33)(H,32,34). The summed E-state index contributed by atoms with van der Waals surface area (Å²) in [6.45, 7) is 0. The van der Waals surface area contributed by atoms with Crippen molar-refractivity contribution in [3.8, 4) is 11.5 Å². The fraction of sp³-hybridized carbons (Fsp3) is 0.0435. The Morgan fingerprint density at radius 2 is 1.59 bits per heavy atom. The summed E-state index contributed by atoms with van der Waals surface area (Å²) in [5, 5.41) is 5.36. The van der Waals surface area contributed by atoms with Crippen LogP contribution < -0.4 is 10.6 Å². The fourth-order valence-electron chi connectivity index (χ4n) is 3.00. The Morgan fingerprint density at radius 3 is 2.21 bits per heavy atom. The number of alkyl halides is 3. The van der Waals surface area contributed by atoms with Crippen LogP contribution in [0.3, 0.4) is 0 Å². The molecule has 2 heterocycles. The average molecular weight is 486 g/mol. The molecule has 34 heavy (non-hydrogen) atoms. The number of carbonyl (C=O) groups is 2. The molecule has 0 aliphatic rings. The van der Waals surface area contributed by atoms with Crippen molar-refractivity contribution in [2.45, 2.75) is 6.18 Å². The first-order chi connectivity index (χ1) is 16.2. The first kappa shape index (κ1) is 23.0. The molecule has 0 saturated heterocycles. The van der Waals surface area contributed by atoms with Gasteiger partial charge in [0.05, 0.1) is 28.0 Å². The van der Waals surface area contributed by atoms with E-state index in [-0.39, 0.29) is 21.8 Å². The lowest BCUT2D eigenvalue weighted by Crippen LogP contribution is -2.15. The van der Waals surface area contributed by atoms with E-state index in [1.807, 2.05) is 0 Å². The molecule has 0 spiro atoms. The molecule has 0 unspecified atom stereocenters. The number of rotatable bonds is 5. The second kappa shape index (κ2) is 9.36. The van der Waals surface area contributed by atoms with E-state index in [4.69, 9.17) is 11.6 Å². The SMILES string of the molecule is O=C(Nc1ccc(Cl)c(C(=O)Nc2ccc(-c3ncc[nH]3)nc2)c1)c1ccc(C(F)(F)F)cc1. The van der Waals surface area contributed by atoms with Gasteiger partial charge in [-0.15, -0.1) is 0 Å². The van der Waals surface area contributed by atoms with Crippen LogP contribution in [0.15, 0.2) is 73.2 Å². The highest BCUT2D eigenvalue weighted by molar-refractivity contribution is 6.34. The average Bonchev–Trinajstić information content (AvgIpc) is 3.35. The van der Waals surface area contributed by atoms with Crippen LogP contribution in [0.2, 0.25) is 5.02 Å². The molecular weight excluding hydrogens is 471 g/mol. The van der Waals surface area contributed by atoms with Gasteiger partial charge in [0.25, 0.3) is 11.8 Å². The van der Waals surface area contributed by atoms with E-state index in [0.29, 0.717) is 17.2 Å². The van der Waals surface area contributed by atoms with Crippen LogP contribution >= 0.6 is 11.6 Å². The van der Waals surface area contributed by atoms with Gasteiger partial charge in [0, 0.05) is 23.6 Å². The maximum atomic E-state index is 12.7. The number of aromatic nitrogens is 3. The zero-order valence-electron chi connectivity index (χ0n) is 17.2. The second-order valence-electron chi connectivity index (χ2n) is 7.05. The molecule has 2 aromatic heterocycles. The molecule has 4 rings (SSSR count). The Labute approximate surface area is 196 Å². The van der Waals surface area contributed by atoms with E-state index in [9.17, 15) is 22.8 Å². The number of nitrogens with one attached hydrogen (secondary N) is 3. The molecule has 0 radical (unpaired) electrons. The van der Waals surface area contributed by atoms with Crippen molar-refractivity contribution in [1.82, 2.24) is 15.0 Å². The van der Waals surface area contributed by atoms with Crippen molar-refractivity contribution in [3.63, 3.8) is 0 Å². The number of carbonyl (C=O) groups excluding carboxylic acids is 2. The lowest BCUT2D eigenvalue weighted by atomic mass is 10.1. The Bertz CT molecular complexity index is 1320. The number of nitrogens with zero attached hydrogens (tertiary/aromatic N) is 2. The summed E-state index contributed by atoms with van der Waals surface area (Å²) >= 11 is 6.16. The van der Waals surface area contributed by atoms with Gasteiger partial charge in [0.15, 0.2) is 5.82 Å². The zero-order valence-corrected chi connectivity index (χ0v) is 17.9. The van der Waals surface area contributed by atoms with Crippen LogP contribution in [-0.2, 0) is 6.18 Å². The van der Waals surface area contributed by atoms with Crippen LogP contribution in [-0.4, -0.2) is 26.8 Å². The predicted molar refractivity (Wildman–Crippen MR) is 121 cm³/mol. The molecule has 3 N–H and O–H groups in total. The van der Waals surface area contributed by atoms with E-state index in [2.05, 4.69) is 25.6 Å². The Kier molecular flexibility index (Phi) is 6.33. The highest BCUT2D eigenvalue weighted by Gasteiger charge is 2.30. The van der Waals surface area contributed by atoms with Gasteiger partial charge in [-0.3, -0.25) is 14.6 Å². The van der Waals surface area contributed by atoms with E-state index in [1.54, 1.807) is 24.5 Å². The second-order valence-corrected chi connectivity index (χ2v) is 7.46. The summed E-state index contributed by atoms with van der Waals surface area (Å²) in [5.74, 6) is -0.597. The number of H-pyrrole nitrogens is 1. The fourth-order valence-corrected chi connectivity index (χ4v) is 3.21. The van der Waals surface area contributed by atoms with Crippen LogP contribution in [0.1, 0.15) is 26.3 Å². The molecule has 4 aromatic rings. The first-order valence-electron chi connectivity index (χ1n) is 9.76. The van der Waals surface area contributed by atoms with Gasteiger partial charge >= 0.3 is 6.18 Å². The number of imidazole rings is 1. The maximum Gasteiger partial charge on any atom is 0.416 e. The summed E-state index contributed by atoms with van der Waals surface area (Å²) in [6, 6.07) is 11.4. The third kappa shape index (κ3) is 5.24. The maximum absolute atomic E-state index is 12.7. The van der Waals surface area contributed by atoms with Crippen molar-refractivity contribution in [2.75, 3.05) is 10.6 Å². The highest BCUT2D eigenvalue weighted by atomic mass is 35.5. The lowest BCUT2D eigenvalue weighted by Gasteiger charge is -2.11. The molecular formula is C23H15ClF3N5O2. The molecule has 2 amide bonds. The minimum atomic E-state index is -4.50. The van der Waals surface area contributed by atoms with Crippen LogP contribution in [0.4, 0.5) is 24.5 Å². The molecule has 7 nitrogen and oxygen atoms in total. The zero-order chi connectivity index (χ0) is 24.3. The third-order valence-electron chi connectivity index (χ3n) is 4.71. The van der Waals surface area contributed by atoms with E-state index in [0.717, 1.165) is 24.3 Å². The Balaban J connectivity index is 1.46. The monoisotopic (exact) mass is 485 g/mol. The molecule has 0 aliphatic heterocycles. The predicted octanol–water partition coefficient (Wildman–Crippen LogP) is 5.65. The van der Waals surface area contributed by atoms with Gasteiger partial charge in [-0.1, -0.05) is 11.6 Å². The van der Waals surface area contributed by atoms with Crippen LogP contribution in [0.5, 0.6) is 0 Å². The number of aromatic amines is 1. The molecule has 0 bridgehead atoms. The van der Waals surface area contributed by atoms with Crippen LogP contribution in [0.25, 0.3) is 11.5 Å². The molecule has 0 saturated carbocycles. The summed E-state index contributed by atoms with van der Waals surface area (Å²) < 4.78 is 38.1. The number of benzene rings is 2. The number of halogens is 4. The Hall–Kier alpha value is -4.18. The van der Waals surface area contributed by atoms with E-state index >= 15 is 0 Å². The molecule has 0 atom stereocenters. The number of anilines is 2. The van der Waals surface area contributed by atoms with Gasteiger partial charge in [-0.2, -0.15) is 13.2 Å². The van der Waals surface area contributed by atoms with E-state index < -0.39 is 23.6 Å². The topological polar surface area (TPSA) is 99.8 Å². The quantitative estimate of drug-likeness (QED) is 0.340. The smallest absolute Gasteiger partial charge is 0.343 e. The largest absolute Gasteiger partial charge is 0.416 e. The Morgan fingerprint density at radius 1 is 0.882 bits per heavy atom. The summed E-state index contributed by atoms with van der Waals surface area (Å²) in [6.07, 6.45) is 0.220. The van der Waals surface area contributed by atoms with Crippen molar-refractivity contribution in [3.05, 3.63) is 94.9 Å². The molecule has 0 fully saturated rings. The van der Waals surface area contributed by atoms with Gasteiger partial charge in [0.2, 0.25) is 0 Å². The van der Waals surface area contributed by atoms with Crippen molar-refractivity contribution < 1.29 is 22.8 Å². The first-order valence-corrected chi connectivity index (χ1v) is 10.1. The van der Waals surface area contributed by atoms with Gasteiger partial charge in [-0.05, 0) is 54.6 Å². The summed E-state index contributed by atoms with van der Waals surface area (Å²) in [5.41, 5.74) is 0.496. The molecule has 2 aromatic carbocycles. The third-order valence-corrected chi connectivity index (χ3v) is 5.04. The highest BCUT2D eigenvalue weighted by Crippen LogP contribution is 2.29. The van der Waals surface area contributed by atoms with Crippen molar-refractivity contribution in [1.29, 1.82) is 0 Å². The minimum absolute atomic E-state index is 0.0247. The molecule has 172 valence electrons. The van der Waals surface area contributed by atoms with Crippen molar-refractivity contribution >= 4 is 34.8 Å². The van der Waals surface area contributed by atoms with Gasteiger partial charge < -0.3 is 15.6 Å². The van der Waals surface area contributed by atoms with Gasteiger partial charge in [-0.25, -0.2) is 4.98 Å². The number of pyridine rings is 1. The number of hydrogen-bond donors (Lipinski definition) is 3. The van der Waals surface area contributed by atoms with Crippen molar-refractivity contribution in [2.24, 2.45) is 0 Å². The summed E-state index contributed by atoms with van der Waals surface area (Å²) in [4.78, 5) is 36.4. The molecule has 0 aliphatic carbocycles. The van der Waals surface area contributed by atoms with Crippen LogP contribution in [0, 0.1) is 0 Å².